The van der Waals surface area contributed by atoms with E-state index in [9.17, 15) is 9.18 Å². The molecule has 0 spiro atoms. The van der Waals surface area contributed by atoms with Gasteiger partial charge in [0.25, 0.3) is 0 Å². The van der Waals surface area contributed by atoms with Crippen molar-refractivity contribution in [1.29, 1.82) is 0 Å². The highest BCUT2D eigenvalue weighted by molar-refractivity contribution is 5.68. The first-order valence-corrected chi connectivity index (χ1v) is 6.38. The first kappa shape index (κ1) is 16.0. The zero-order valence-electron chi connectivity index (χ0n) is 12.3. The zero-order valence-corrected chi connectivity index (χ0v) is 12.3. The molecule has 1 aromatic carbocycles. The molecule has 0 bridgehead atoms. The van der Waals surface area contributed by atoms with Crippen LogP contribution in [0.2, 0.25) is 0 Å². The van der Waals surface area contributed by atoms with Gasteiger partial charge in [-0.3, -0.25) is 0 Å². The highest BCUT2D eigenvalue weighted by Gasteiger charge is 2.14. The van der Waals surface area contributed by atoms with Gasteiger partial charge in [-0.25, -0.2) is 9.18 Å². The Morgan fingerprint density at radius 3 is 2.70 bits per heavy atom. The summed E-state index contributed by atoms with van der Waals surface area (Å²) in [6.07, 6.45) is 2.97. The van der Waals surface area contributed by atoms with Gasteiger partial charge in [-0.05, 0) is 51.0 Å². The summed E-state index contributed by atoms with van der Waals surface area (Å²) in [6.45, 7) is 7.53. The highest BCUT2D eigenvalue weighted by atomic mass is 19.1. The summed E-state index contributed by atoms with van der Waals surface area (Å²) in [5.74, 6) is -0.449. The molecule has 0 saturated heterocycles. The molecule has 1 aromatic rings. The van der Waals surface area contributed by atoms with Crippen molar-refractivity contribution < 1.29 is 13.9 Å². The fourth-order valence-corrected chi connectivity index (χ4v) is 1.54. The number of hydrogen-bond donors (Lipinski definition) is 2. The van der Waals surface area contributed by atoms with Gasteiger partial charge in [0, 0.05) is 6.54 Å². The van der Waals surface area contributed by atoms with Crippen molar-refractivity contribution in [3.05, 3.63) is 35.2 Å². The van der Waals surface area contributed by atoms with Gasteiger partial charge in [-0.2, -0.15) is 0 Å². The van der Waals surface area contributed by atoms with Crippen LogP contribution in [0.15, 0.2) is 18.2 Å². The summed E-state index contributed by atoms with van der Waals surface area (Å²) in [5.41, 5.74) is 6.68. The lowest BCUT2D eigenvalue weighted by Gasteiger charge is -2.19. The fourth-order valence-electron chi connectivity index (χ4n) is 1.54. The molecule has 4 nitrogen and oxygen atoms in total. The van der Waals surface area contributed by atoms with E-state index >= 15 is 0 Å². The first-order valence-electron chi connectivity index (χ1n) is 6.38. The smallest absolute Gasteiger partial charge is 0.407 e. The first-order chi connectivity index (χ1) is 9.19. The van der Waals surface area contributed by atoms with Crippen LogP contribution in [0.1, 0.15) is 31.9 Å². The van der Waals surface area contributed by atoms with Gasteiger partial charge in [-0.1, -0.05) is 12.2 Å². The Balaban J connectivity index is 2.54. The standard InChI is InChI=1S/C15H21FN2O2/c1-10-8-13(17)12(16)9-11(10)6-5-7-18-14(19)20-15(2,3)4/h5-6,8-9H,7,17H2,1-4H3,(H,18,19). The third-order valence-electron chi connectivity index (χ3n) is 2.45. The number of rotatable bonds is 3. The molecule has 0 unspecified atom stereocenters. The minimum atomic E-state index is -0.523. The second kappa shape index (κ2) is 6.41. The van der Waals surface area contributed by atoms with Crippen molar-refractivity contribution >= 4 is 17.9 Å². The van der Waals surface area contributed by atoms with Crippen molar-refractivity contribution in [2.45, 2.75) is 33.3 Å². The Morgan fingerprint density at radius 1 is 1.45 bits per heavy atom. The van der Waals surface area contributed by atoms with E-state index in [0.29, 0.717) is 6.54 Å². The van der Waals surface area contributed by atoms with E-state index in [4.69, 9.17) is 10.5 Å². The van der Waals surface area contributed by atoms with Gasteiger partial charge in [0.05, 0.1) is 5.69 Å². The van der Waals surface area contributed by atoms with Crippen LogP contribution in [0.5, 0.6) is 0 Å². The lowest BCUT2D eigenvalue weighted by atomic mass is 10.1. The van der Waals surface area contributed by atoms with E-state index in [1.54, 1.807) is 39.0 Å². The summed E-state index contributed by atoms with van der Waals surface area (Å²) in [4.78, 5) is 11.4. The predicted octanol–water partition coefficient (Wildman–Crippen LogP) is 3.25. The number of anilines is 1. The van der Waals surface area contributed by atoms with Crippen molar-refractivity contribution in [3.8, 4) is 0 Å². The van der Waals surface area contributed by atoms with Gasteiger partial charge in [-0.15, -0.1) is 0 Å². The number of benzene rings is 1. The minimum Gasteiger partial charge on any atom is -0.444 e. The minimum absolute atomic E-state index is 0.131. The average molecular weight is 280 g/mol. The molecule has 0 aromatic heterocycles. The Bertz CT molecular complexity index is 519. The number of hydrogen-bond acceptors (Lipinski definition) is 3. The van der Waals surface area contributed by atoms with Gasteiger partial charge in [0.1, 0.15) is 11.4 Å². The predicted molar refractivity (Wildman–Crippen MR) is 78.8 cm³/mol. The van der Waals surface area contributed by atoms with Gasteiger partial charge >= 0.3 is 6.09 Å². The van der Waals surface area contributed by atoms with Crippen LogP contribution in [-0.2, 0) is 4.74 Å². The van der Waals surface area contributed by atoms with Crippen LogP contribution in [0, 0.1) is 12.7 Å². The third kappa shape index (κ3) is 5.30. The fraction of sp³-hybridized carbons (Fsp3) is 0.400. The molecular formula is C15H21FN2O2. The van der Waals surface area contributed by atoms with Crippen molar-refractivity contribution in [2.75, 3.05) is 12.3 Å². The summed E-state index contributed by atoms with van der Waals surface area (Å²) in [7, 11) is 0. The lowest BCUT2D eigenvalue weighted by molar-refractivity contribution is 0.0534. The summed E-state index contributed by atoms with van der Waals surface area (Å²) in [5, 5.41) is 2.59. The second-order valence-electron chi connectivity index (χ2n) is 5.52. The molecule has 0 atom stereocenters. The number of nitrogen functional groups attached to an aromatic ring is 1. The molecule has 5 heteroatoms. The van der Waals surface area contributed by atoms with Gasteiger partial charge in [0.15, 0.2) is 0 Å². The number of aryl methyl sites for hydroxylation is 1. The van der Waals surface area contributed by atoms with E-state index in [0.717, 1.165) is 11.1 Å². The molecule has 3 N–H and O–H groups in total. The number of carbonyl (C=O) groups is 1. The van der Waals surface area contributed by atoms with E-state index in [2.05, 4.69) is 5.32 Å². The number of carbonyl (C=O) groups excluding carboxylic acids is 1. The largest absolute Gasteiger partial charge is 0.444 e. The topological polar surface area (TPSA) is 64.3 Å². The molecule has 110 valence electrons. The van der Waals surface area contributed by atoms with E-state index < -0.39 is 17.5 Å². The summed E-state index contributed by atoms with van der Waals surface area (Å²) >= 11 is 0. The Kier molecular flexibility index (Phi) is 5.13. The van der Waals surface area contributed by atoms with Crippen LogP contribution < -0.4 is 11.1 Å². The second-order valence-corrected chi connectivity index (χ2v) is 5.52. The van der Waals surface area contributed by atoms with Crippen molar-refractivity contribution in [1.82, 2.24) is 5.32 Å². The molecule has 0 fully saturated rings. The lowest BCUT2D eigenvalue weighted by Crippen LogP contribution is -2.32. The Morgan fingerprint density at radius 2 is 2.10 bits per heavy atom. The highest BCUT2D eigenvalue weighted by Crippen LogP contribution is 2.18. The maximum absolute atomic E-state index is 13.3. The monoisotopic (exact) mass is 280 g/mol. The third-order valence-corrected chi connectivity index (χ3v) is 2.45. The molecule has 0 saturated carbocycles. The van der Waals surface area contributed by atoms with Gasteiger partial charge in [0.2, 0.25) is 0 Å². The van der Waals surface area contributed by atoms with Crippen LogP contribution in [0.25, 0.3) is 6.08 Å². The zero-order chi connectivity index (χ0) is 15.3. The van der Waals surface area contributed by atoms with Crippen molar-refractivity contribution in [3.63, 3.8) is 0 Å². The van der Waals surface area contributed by atoms with Crippen LogP contribution in [0.4, 0.5) is 14.9 Å². The summed E-state index contributed by atoms with van der Waals surface area (Å²) < 4.78 is 18.4. The molecular weight excluding hydrogens is 259 g/mol. The number of alkyl carbamates (subject to hydrolysis) is 1. The maximum atomic E-state index is 13.3. The summed E-state index contributed by atoms with van der Waals surface area (Å²) in [6, 6.07) is 2.95. The normalized spacial score (nSPS) is 11.7. The van der Waals surface area contributed by atoms with E-state index in [1.165, 1.54) is 6.07 Å². The quantitative estimate of drug-likeness (QED) is 0.835. The van der Waals surface area contributed by atoms with Crippen LogP contribution in [-0.4, -0.2) is 18.2 Å². The Labute approximate surface area is 118 Å². The number of amides is 1. The Hall–Kier alpha value is -2.04. The SMILES string of the molecule is Cc1cc(N)c(F)cc1C=CCNC(=O)OC(C)(C)C. The molecule has 0 radical (unpaired) electrons. The van der Waals surface area contributed by atoms with Gasteiger partial charge < -0.3 is 15.8 Å². The molecule has 0 aliphatic rings. The number of ether oxygens (including phenoxy) is 1. The molecule has 0 heterocycles. The van der Waals surface area contributed by atoms with E-state index in [-0.39, 0.29) is 5.69 Å². The molecule has 20 heavy (non-hydrogen) atoms. The number of nitrogens with two attached hydrogens (primary N) is 1. The molecule has 1 amide bonds. The number of nitrogens with one attached hydrogen (secondary N) is 1. The van der Waals surface area contributed by atoms with Crippen LogP contribution >= 0.6 is 0 Å². The molecule has 0 aliphatic carbocycles. The maximum Gasteiger partial charge on any atom is 0.407 e. The number of halogens is 1. The van der Waals surface area contributed by atoms with Crippen molar-refractivity contribution in [2.24, 2.45) is 0 Å². The van der Waals surface area contributed by atoms with Crippen LogP contribution in [0.3, 0.4) is 0 Å². The average Bonchev–Trinajstić information content (AvgIpc) is 2.28. The molecule has 1 rings (SSSR count). The van der Waals surface area contributed by atoms with E-state index in [1.807, 2.05) is 6.92 Å². The molecule has 0 aliphatic heterocycles.